The average Bonchev–Trinajstić information content (AvgIpc) is 2.82. The molecule has 1 unspecified atom stereocenters. The lowest BCUT2D eigenvalue weighted by Gasteiger charge is -2.46. The van der Waals surface area contributed by atoms with E-state index in [0.29, 0.717) is 31.8 Å². The van der Waals surface area contributed by atoms with Crippen LogP contribution in [0.3, 0.4) is 0 Å². The lowest BCUT2D eigenvalue weighted by Crippen LogP contribution is -2.63. The van der Waals surface area contributed by atoms with Crippen molar-refractivity contribution in [3.63, 3.8) is 0 Å². The molecule has 0 aromatic carbocycles. The fourth-order valence-electron chi connectivity index (χ4n) is 4.50. The van der Waals surface area contributed by atoms with Gasteiger partial charge >= 0.3 is 5.97 Å². The van der Waals surface area contributed by atoms with E-state index in [1.165, 1.54) is 11.8 Å². The summed E-state index contributed by atoms with van der Waals surface area (Å²) in [5.74, 6) is -2.36. The Labute approximate surface area is 163 Å². The van der Waals surface area contributed by atoms with Crippen LogP contribution >= 0.6 is 0 Å². The van der Waals surface area contributed by atoms with Crippen LogP contribution in [0.5, 0.6) is 0 Å². The molecule has 11 nitrogen and oxygen atoms in total. The number of hydrogen-bond acceptors (Lipinski definition) is 7. The Morgan fingerprint density at radius 1 is 1.46 bits per heavy atom. The summed E-state index contributed by atoms with van der Waals surface area (Å²) in [6.45, 7) is 5.60. The first-order chi connectivity index (χ1) is 13.0. The number of nitrogens with zero attached hydrogens (tertiary/aromatic N) is 2. The number of carbonyl (C=O) groups excluding carboxylic acids is 1. The van der Waals surface area contributed by atoms with E-state index in [4.69, 9.17) is 5.14 Å². The highest BCUT2D eigenvalue weighted by Crippen LogP contribution is 2.47. The van der Waals surface area contributed by atoms with Crippen LogP contribution in [-0.2, 0) is 19.8 Å². The minimum Gasteiger partial charge on any atom is -0.477 e. The Balaban J connectivity index is 1.83. The molecule has 0 saturated carbocycles. The van der Waals surface area contributed by atoms with Crippen molar-refractivity contribution in [2.45, 2.75) is 32.0 Å². The molecule has 6 N–H and O–H groups in total. The maximum Gasteiger partial charge on any atom is 0.352 e. The highest BCUT2D eigenvalue weighted by molar-refractivity contribution is 7.87. The van der Waals surface area contributed by atoms with Gasteiger partial charge in [0.15, 0.2) is 0 Å². The highest BCUT2D eigenvalue weighted by Gasteiger charge is 2.59. The Hall–Kier alpha value is -1.57. The van der Waals surface area contributed by atoms with E-state index in [0.717, 1.165) is 0 Å². The first-order valence-electron chi connectivity index (χ1n) is 9.22. The quantitative estimate of drug-likeness (QED) is 0.278. The third kappa shape index (κ3) is 3.80. The van der Waals surface area contributed by atoms with Crippen LogP contribution < -0.4 is 15.2 Å². The first-order valence-corrected chi connectivity index (χ1v) is 10.8. The maximum atomic E-state index is 12.4. The summed E-state index contributed by atoms with van der Waals surface area (Å²) in [7, 11) is -3.83. The number of hydrogen-bond donors (Lipinski definition) is 5. The molecule has 3 aliphatic heterocycles. The summed E-state index contributed by atoms with van der Waals surface area (Å²) in [5, 5.41) is 27.8. The number of carbonyl (C=O) groups is 2. The predicted molar refractivity (Wildman–Crippen MR) is 99.0 cm³/mol. The Morgan fingerprint density at radius 2 is 2.14 bits per heavy atom. The van der Waals surface area contributed by atoms with Crippen LogP contribution in [0.25, 0.3) is 0 Å². The molecular formula is C16H27N5O6S. The number of rotatable bonds is 7. The zero-order chi connectivity index (χ0) is 20.8. The number of aliphatic hydroxyl groups is 1. The summed E-state index contributed by atoms with van der Waals surface area (Å²) < 4.78 is 24.7. The molecule has 28 heavy (non-hydrogen) atoms. The lowest BCUT2D eigenvalue weighted by atomic mass is 9.77. The number of piperazine rings is 1. The molecule has 158 valence electrons. The summed E-state index contributed by atoms with van der Waals surface area (Å²) in [5.41, 5.74) is 0.604. The molecule has 2 fully saturated rings. The van der Waals surface area contributed by atoms with E-state index in [1.54, 1.807) is 0 Å². The predicted octanol–water partition coefficient (Wildman–Crippen LogP) is -2.75. The third-order valence-corrected chi connectivity index (χ3v) is 6.45. The number of fused-ring (bicyclic) bond motifs is 1. The summed E-state index contributed by atoms with van der Waals surface area (Å²) >= 11 is 0. The molecule has 0 aromatic heterocycles. The van der Waals surface area contributed by atoms with E-state index < -0.39 is 28.2 Å². The van der Waals surface area contributed by atoms with Crippen molar-refractivity contribution in [3.8, 4) is 0 Å². The number of nitrogens with one attached hydrogen (secondary N) is 2. The molecule has 3 heterocycles. The van der Waals surface area contributed by atoms with Crippen molar-refractivity contribution in [2.75, 3.05) is 32.7 Å². The molecule has 2 saturated heterocycles. The van der Waals surface area contributed by atoms with Gasteiger partial charge in [0, 0.05) is 44.7 Å². The maximum absolute atomic E-state index is 12.4. The molecule has 0 spiro atoms. The smallest absolute Gasteiger partial charge is 0.352 e. The number of carboxylic acids is 1. The van der Waals surface area contributed by atoms with Gasteiger partial charge < -0.3 is 20.4 Å². The van der Waals surface area contributed by atoms with Crippen LogP contribution in [0, 0.1) is 11.8 Å². The highest BCUT2D eigenvalue weighted by atomic mass is 32.2. The monoisotopic (exact) mass is 417 g/mol. The fraction of sp³-hybridized carbons (Fsp3) is 0.750. The fourth-order valence-corrected chi connectivity index (χ4v) is 4.92. The SMILES string of the molecule is C[C@@H](O)[C@H]1C(=O)N2C(C(=O)O)=C(CN3CCNCC3CNS(N)(=O)=O)[C@H](C)[C@H]12. The molecule has 12 heteroatoms. The molecule has 0 bridgehead atoms. The largest absolute Gasteiger partial charge is 0.477 e. The lowest BCUT2D eigenvalue weighted by molar-refractivity contribution is -0.163. The zero-order valence-electron chi connectivity index (χ0n) is 15.8. The van der Waals surface area contributed by atoms with Gasteiger partial charge in [-0.05, 0) is 12.5 Å². The summed E-state index contributed by atoms with van der Waals surface area (Å²) in [6, 6.07) is -0.573. The number of aliphatic hydroxyl groups excluding tert-OH is 1. The molecule has 5 atom stereocenters. The van der Waals surface area contributed by atoms with Gasteiger partial charge in [-0.1, -0.05) is 6.92 Å². The second kappa shape index (κ2) is 7.69. The van der Waals surface area contributed by atoms with Gasteiger partial charge in [-0.3, -0.25) is 9.69 Å². The summed E-state index contributed by atoms with van der Waals surface area (Å²) in [6.07, 6.45) is -0.850. The van der Waals surface area contributed by atoms with Crippen molar-refractivity contribution in [1.29, 1.82) is 0 Å². The average molecular weight is 417 g/mol. The van der Waals surface area contributed by atoms with Gasteiger partial charge in [0.25, 0.3) is 10.2 Å². The van der Waals surface area contributed by atoms with E-state index in [9.17, 15) is 28.2 Å². The number of carboxylic acid groups (broad SMARTS) is 1. The minimum atomic E-state index is -3.83. The van der Waals surface area contributed by atoms with Gasteiger partial charge in [-0.15, -0.1) is 0 Å². The molecule has 1 amide bonds. The first kappa shape index (κ1) is 21.1. The van der Waals surface area contributed by atoms with Crippen LogP contribution in [0.4, 0.5) is 0 Å². The van der Waals surface area contributed by atoms with E-state index >= 15 is 0 Å². The molecule has 3 rings (SSSR count). The van der Waals surface area contributed by atoms with Crippen molar-refractivity contribution in [2.24, 2.45) is 17.0 Å². The van der Waals surface area contributed by atoms with Crippen LogP contribution in [0.1, 0.15) is 13.8 Å². The van der Waals surface area contributed by atoms with Gasteiger partial charge in [0.05, 0.1) is 18.1 Å². The molecule has 3 aliphatic rings. The third-order valence-electron chi connectivity index (χ3n) is 5.88. The van der Waals surface area contributed by atoms with Crippen LogP contribution in [0.15, 0.2) is 11.3 Å². The zero-order valence-corrected chi connectivity index (χ0v) is 16.6. The number of β-lactam (4-membered cyclic amide) rings is 1. The Morgan fingerprint density at radius 3 is 2.71 bits per heavy atom. The second-order valence-electron chi connectivity index (χ2n) is 7.65. The number of nitrogens with two attached hydrogens (primary N) is 1. The standard InChI is InChI=1S/C16H27N5O6S/c1-8-11(7-20-4-3-18-5-10(20)6-19-28(17,26)27)14(16(24)25)21-13(8)12(9(2)22)15(21)23/h8-10,12-13,18-19,22H,3-7H2,1-2H3,(H,24,25)(H2,17,26,27)/t8-,9+,10?,12+,13+/m0/s1. The van der Waals surface area contributed by atoms with Crippen molar-refractivity contribution in [1.82, 2.24) is 19.8 Å². The van der Waals surface area contributed by atoms with Gasteiger partial charge in [-0.25, -0.2) is 14.7 Å². The topological polar surface area (TPSA) is 165 Å². The molecule has 0 aliphatic carbocycles. The second-order valence-corrected chi connectivity index (χ2v) is 9.03. The number of aliphatic carboxylic acids is 1. The van der Waals surface area contributed by atoms with Crippen molar-refractivity contribution in [3.05, 3.63) is 11.3 Å². The van der Waals surface area contributed by atoms with Crippen molar-refractivity contribution >= 4 is 22.1 Å². The minimum absolute atomic E-state index is 0.0175. The normalized spacial score (nSPS) is 32.3. The van der Waals surface area contributed by atoms with E-state index in [2.05, 4.69) is 10.0 Å². The van der Waals surface area contributed by atoms with Crippen LogP contribution in [-0.4, -0.2) is 91.2 Å². The van der Waals surface area contributed by atoms with E-state index in [1.807, 2.05) is 11.8 Å². The number of amides is 1. The van der Waals surface area contributed by atoms with Gasteiger partial charge in [-0.2, -0.15) is 8.42 Å². The Bertz CT molecular complexity index is 797. The molecular weight excluding hydrogens is 390 g/mol. The van der Waals surface area contributed by atoms with Crippen LogP contribution in [0.2, 0.25) is 0 Å². The van der Waals surface area contributed by atoms with Gasteiger partial charge in [0.2, 0.25) is 5.91 Å². The van der Waals surface area contributed by atoms with Gasteiger partial charge in [0.1, 0.15) is 5.70 Å². The Kier molecular flexibility index (Phi) is 5.81. The summed E-state index contributed by atoms with van der Waals surface area (Å²) in [4.78, 5) is 27.6. The van der Waals surface area contributed by atoms with Crippen molar-refractivity contribution < 1.29 is 28.2 Å². The molecule has 0 radical (unpaired) electrons. The molecule has 0 aromatic rings. The van der Waals surface area contributed by atoms with E-state index in [-0.39, 0.29) is 36.2 Å².